The van der Waals surface area contributed by atoms with Crippen LogP contribution in [0.2, 0.25) is 0 Å². The standard InChI is InChI=1S/C23H20N2O4S/c1-29-20-11-5-2-7-16(20)13-24(14-17-8-6-12-30-17)21(26)15-25-22(27)18-9-3-4-10-19(18)23(25)28/h2-12H,13-15H2,1H3. The highest BCUT2D eigenvalue weighted by atomic mass is 32.1. The summed E-state index contributed by atoms with van der Waals surface area (Å²) in [5, 5.41) is 1.95. The van der Waals surface area contributed by atoms with E-state index in [-0.39, 0.29) is 12.5 Å². The molecule has 4 rings (SSSR count). The van der Waals surface area contributed by atoms with E-state index in [2.05, 4.69) is 0 Å². The van der Waals surface area contributed by atoms with Crippen LogP contribution in [0.5, 0.6) is 5.75 Å². The number of para-hydroxylation sites is 1. The van der Waals surface area contributed by atoms with E-state index in [0.717, 1.165) is 15.3 Å². The molecule has 7 heteroatoms. The third kappa shape index (κ3) is 3.84. The number of methoxy groups -OCH3 is 1. The Labute approximate surface area is 178 Å². The molecular formula is C23H20N2O4S. The first-order chi connectivity index (χ1) is 14.6. The molecule has 0 saturated carbocycles. The summed E-state index contributed by atoms with van der Waals surface area (Å²) < 4.78 is 5.42. The molecule has 3 amide bonds. The van der Waals surface area contributed by atoms with E-state index in [1.807, 2.05) is 41.8 Å². The molecule has 1 aromatic heterocycles. The van der Waals surface area contributed by atoms with Gasteiger partial charge in [0.1, 0.15) is 12.3 Å². The highest BCUT2D eigenvalue weighted by Gasteiger charge is 2.37. The SMILES string of the molecule is COc1ccccc1CN(Cc1cccs1)C(=O)CN1C(=O)c2ccccc2C1=O. The number of ether oxygens (including phenoxy) is 1. The van der Waals surface area contributed by atoms with Gasteiger partial charge in [0.25, 0.3) is 11.8 Å². The van der Waals surface area contributed by atoms with Crippen LogP contribution in [0.4, 0.5) is 0 Å². The number of rotatable bonds is 7. The van der Waals surface area contributed by atoms with Gasteiger partial charge in [-0.2, -0.15) is 0 Å². The van der Waals surface area contributed by atoms with Crippen molar-refractivity contribution in [3.05, 3.63) is 87.6 Å². The quantitative estimate of drug-likeness (QED) is 0.548. The monoisotopic (exact) mass is 420 g/mol. The summed E-state index contributed by atoms with van der Waals surface area (Å²) in [6.07, 6.45) is 0. The molecule has 30 heavy (non-hydrogen) atoms. The number of benzene rings is 2. The van der Waals surface area contributed by atoms with Crippen LogP contribution in [-0.4, -0.2) is 41.2 Å². The molecule has 0 unspecified atom stereocenters. The number of hydrogen-bond acceptors (Lipinski definition) is 5. The molecule has 0 radical (unpaired) electrons. The third-order valence-electron chi connectivity index (χ3n) is 5.00. The molecule has 3 aromatic rings. The zero-order chi connectivity index (χ0) is 21.1. The lowest BCUT2D eigenvalue weighted by molar-refractivity contribution is -0.132. The van der Waals surface area contributed by atoms with Gasteiger partial charge in [0.2, 0.25) is 5.91 Å². The minimum absolute atomic E-state index is 0.299. The van der Waals surface area contributed by atoms with E-state index in [0.29, 0.717) is 30.0 Å². The highest BCUT2D eigenvalue weighted by molar-refractivity contribution is 7.09. The van der Waals surface area contributed by atoms with Crippen molar-refractivity contribution in [3.8, 4) is 5.75 Å². The molecule has 0 aliphatic carbocycles. The molecule has 152 valence electrons. The Morgan fingerprint density at radius 1 is 0.933 bits per heavy atom. The summed E-state index contributed by atoms with van der Waals surface area (Å²) >= 11 is 1.55. The predicted molar refractivity (Wildman–Crippen MR) is 113 cm³/mol. The van der Waals surface area contributed by atoms with Crippen molar-refractivity contribution in [1.29, 1.82) is 0 Å². The number of imide groups is 1. The van der Waals surface area contributed by atoms with E-state index >= 15 is 0 Å². The van der Waals surface area contributed by atoms with Crippen molar-refractivity contribution >= 4 is 29.1 Å². The molecule has 2 heterocycles. The highest BCUT2D eigenvalue weighted by Crippen LogP contribution is 2.24. The fourth-order valence-corrected chi connectivity index (χ4v) is 4.20. The summed E-state index contributed by atoms with van der Waals surface area (Å²) in [5.74, 6) is -0.486. The van der Waals surface area contributed by atoms with Crippen molar-refractivity contribution in [2.75, 3.05) is 13.7 Å². The minimum Gasteiger partial charge on any atom is -0.496 e. The maximum atomic E-state index is 13.2. The Balaban J connectivity index is 1.57. The molecule has 0 atom stereocenters. The van der Waals surface area contributed by atoms with Gasteiger partial charge >= 0.3 is 0 Å². The van der Waals surface area contributed by atoms with E-state index in [1.54, 1.807) is 47.6 Å². The van der Waals surface area contributed by atoms with Crippen LogP contribution in [0.15, 0.2) is 66.0 Å². The lowest BCUT2D eigenvalue weighted by Gasteiger charge is -2.25. The lowest BCUT2D eigenvalue weighted by atomic mass is 10.1. The average Bonchev–Trinajstić information content (AvgIpc) is 3.36. The second kappa shape index (κ2) is 8.51. The summed E-state index contributed by atoms with van der Waals surface area (Å²) in [7, 11) is 1.59. The van der Waals surface area contributed by atoms with E-state index < -0.39 is 11.8 Å². The third-order valence-corrected chi connectivity index (χ3v) is 5.87. The van der Waals surface area contributed by atoms with Crippen LogP contribution in [0.1, 0.15) is 31.2 Å². The van der Waals surface area contributed by atoms with Gasteiger partial charge < -0.3 is 9.64 Å². The van der Waals surface area contributed by atoms with Crippen LogP contribution in [0.3, 0.4) is 0 Å². The molecular weight excluding hydrogens is 400 g/mol. The van der Waals surface area contributed by atoms with Gasteiger partial charge in [-0.25, -0.2) is 0 Å². The number of nitrogens with zero attached hydrogens (tertiary/aromatic N) is 2. The van der Waals surface area contributed by atoms with Crippen molar-refractivity contribution in [2.45, 2.75) is 13.1 Å². The molecule has 1 aliphatic rings. The smallest absolute Gasteiger partial charge is 0.262 e. The fourth-order valence-electron chi connectivity index (χ4n) is 3.48. The number of carbonyl (C=O) groups is 3. The molecule has 0 spiro atoms. The van der Waals surface area contributed by atoms with Crippen molar-refractivity contribution in [3.63, 3.8) is 0 Å². The van der Waals surface area contributed by atoms with Gasteiger partial charge in [0.15, 0.2) is 0 Å². The number of carbonyl (C=O) groups excluding carboxylic acids is 3. The summed E-state index contributed by atoms with van der Waals surface area (Å²) in [5.41, 5.74) is 1.53. The van der Waals surface area contributed by atoms with Gasteiger partial charge in [-0.3, -0.25) is 19.3 Å². The van der Waals surface area contributed by atoms with Crippen LogP contribution < -0.4 is 4.74 Å². The van der Waals surface area contributed by atoms with Gasteiger partial charge in [-0.05, 0) is 29.6 Å². The summed E-state index contributed by atoms with van der Waals surface area (Å²) in [6, 6.07) is 18.0. The Bertz CT molecular complexity index is 1060. The van der Waals surface area contributed by atoms with Gasteiger partial charge in [-0.15, -0.1) is 11.3 Å². The first kappa shape index (κ1) is 19.8. The van der Waals surface area contributed by atoms with Crippen LogP contribution in [0.25, 0.3) is 0 Å². The summed E-state index contributed by atoms with van der Waals surface area (Å²) in [4.78, 5) is 42.2. The van der Waals surface area contributed by atoms with Crippen molar-refractivity contribution in [1.82, 2.24) is 9.80 Å². The van der Waals surface area contributed by atoms with Crippen molar-refractivity contribution < 1.29 is 19.1 Å². The van der Waals surface area contributed by atoms with Crippen LogP contribution in [0, 0.1) is 0 Å². The first-order valence-electron chi connectivity index (χ1n) is 9.45. The van der Waals surface area contributed by atoms with E-state index in [9.17, 15) is 14.4 Å². The average molecular weight is 420 g/mol. The number of amides is 3. The Kier molecular flexibility index (Phi) is 5.63. The molecule has 6 nitrogen and oxygen atoms in total. The van der Waals surface area contributed by atoms with Crippen LogP contribution >= 0.6 is 11.3 Å². The summed E-state index contributed by atoms with van der Waals surface area (Å²) in [6.45, 7) is 0.397. The molecule has 0 saturated heterocycles. The second-order valence-electron chi connectivity index (χ2n) is 6.88. The molecule has 2 aromatic carbocycles. The molecule has 0 fully saturated rings. The maximum absolute atomic E-state index is 13.2. The number of hydrogen-bond donors (Lipinski definition) is 0. The van der Waals surface area contributed by atoms with Gasteiger partial charge in [0.05, 0.1) is 24.8 Å². The Morgan fingerprint density at radius 2 is 1.60 bits per heavy atom. The Morgan fingerprint density at radius 3 is 2.23 bits per heavy atom. The maximum Gasteiger partial charge on any atom is 0.262 e. The van der Waals surface area contributed by atoms with Gasteiger partial charge in [-0.1, -0.05) is 36.4 Å². The Hall–Kier alpha value is -3.45. The largest absolute Gasteiger partial charge is 0.496 e. The van der Waals surface area contributed by atoms with Crippen molar-refractivity contribution in [2.24, 2.45) is 0 Å². The zero-order valence-electron chi connectivity index (χ0n) is 16.4. The molecule has 1 aliphatic heterocycles. The second-order valence-corrected chi connectivity index (χ2v) is 7.92. The first-order valence-corrected chi connectivity index (χ1v) is 10.3. The predicted octanol–water partition coefficient (Wildman–Crippen LogP) is 3.58. The topological polar surface area (TPSA) is 66.9 Å². The zero-order valence-corrected chi connectivity index (χ0v) is 17.2. The van der Waals surface area contributed by atoms with E-state index in [4.69, 9.17) is 4.74 Å². The van der Waals surface area contributed by atoms with Gasteiger partial charge in [0, 0.05) is 17.0 Å². The fraction of sp³-hybridized carbons (Fsp3) is 0.174. The molecule has 0 N–H and O–H groups in total. The van der Waals surface area contributed by atoms with E-state index in [1.165, 1.54) is 0 Å². The normalized spacial score (nSPS) is 12.8. The molecule has 0 bridgehead atoms. The minimum atomic E-state index is -0.433. The lowest BCUT2D eigenvalue weighted by Crippen LogP contribution is -2.42. The number of thiophene rings is 1. The van der Waals surface area contributed by atoms with Crippen LogP contribution in [-0.2, 0) is 17.9 Å². The number of fused-ring (bicyclic) bond motifs is 1.